The van der Waals surface area contributed by atoms with E-state index in [0.717, 1.165) is 31.6 Å². The molecule has 0 aliphatic carbocycles. The molecule has 1 atom stereocenters. The Morgan fingerprint density at radius 2 is 2.24 bits per heavy atom. The third kappa shape index (κ3) is 3.58. The van der Waals surface area contributed by atoms with Crippen molar-refractivity contribution in [3.05, 3.63) is 40.9 Å². The molecule has 112 valence electrons. The van der Waals surface area contributed by atoms with Crippen molar-refractivity contribution in [2.24, 2.45) is 5.73 Å². The van der Waals surface area contributed by atoms with Crippen LogP contribution in [0.4, 0.5) is 4.39 Å². The van der Waals surface area contributed by atoms with Crippen molar-refractivity contribution in [2.45, 2.75) is 25.4 Å². The summed E-state index contributed by atoms with van der Waals surface area (Å²) in [5.41, 5.74) is 7.37. The van der Waals surface area contributed by atoms with Crippen molar-refractivity contribution in [1.82, 2.24) is 19.9 Å². The molecule has 1 aromatic heterocycles. The van der Waals surface area contributed by atoms with E-state index in [0.29, 0.717) is 17.3 Å². The number of piperidine rings is 1. The normalized spacial score (nSPS) is 19.9. The number of benzene rings is 1. The number of hydrogen-bond acceptors (Lipinski definition) is 4. The maximum Gasteiger partial charge on any atom is 0.126 e. The molecule has 1 unspecified atom stereocenters. The van der Waals surface area contributed by atoms with Crippen LogP contribution in [-0.4, -0.2) is 39.0 Å². The number of nitrogens with two attached hydrogens (primary N) is 1. The van der Waals surface area contributed by atoms with Crippen LogP contribution in [0.2, 0.25) is 5.02 Å². The van der Waals surface area contributed by atoms with E-state index in [4.69, 9.17) is 17.3 Å². The Morgan fingerprint density at radius 1 is 1.38 bits per heavy atom. The molecule has 3 rings (SSSR count). The summed E-state index contributed by atoms with van der Waals surface area (Å²) >= 11 is 5.85. The third-order valence-corrected chi connectivity index (χ3v) is 3.80. The minimum absolute atomic E-state index is 0.232. The monoisotopic (exact) mass is 309 g/mol. The Balaban J connectivity index is 1.73. The second-order valence-corrected chi connectivity index (χ2v) is 5.86. The summed E-state index contributed by atoms with van der Waals surface area (Å²) in [5.74, 6) is -0.392. The van der Waals surface area contributed by atoms with Gasteiger partial charge in [-0.25, -0.2) is 9.07 Å². The van der Waals surface area contributed by atoms with Crippen molar-refractivity contribution in [3.8, 4) is 5.69 Å². The summed E-state index contributed by atoms with van der Waals surface area (Å²) in [6.45, 7) is 2.60. The van der Waals surface area contributed by atoms with Crippen LogP contribution >= 0.6 is 11.6 Å². The fraction of sp³-hybridized carbons (Fsp3) is 0.429. The van der Waals surface area contributed by atoms with Crippen molar-refractivity contribution < 1.29 is 4.39 Å². The van der Waals surface area contributed by atoms with Crippen LogP contribution in [0.15, 0.2) is 24.4 Å². The Labute approximate surface area is 127 Å². The quantitative estimate of drug-likeness (QED) is 0.942. The average Bonchev–Trinajstić information content (AvgIpc) is 2.86. The third-order valence-electron chi connectivity index (χ3n) is 3.58. The van der Waals surface area contributed by atoms with Gasteiger partial charge in [-0.3, -0.25) is 4.90 Å². The fourth-order valence-electron chi connectivity index (χ4n) is 2.63. The molecule has 0 saturated carbocycles. The Hall–Kier alpha value is -1.50. The molecule has 21 heavy (non-hydrogen) atoms. The van der Waals surface area contributed by atoms with Gasteiger partial charge in [0, 0.05) is 24.2 Å². The van der Waals surface area contributed by atoms with E-state index >= 15 is 0 Å². The first-order valence-electron chi connectivity index (χ1n) is 6.96. The predicted octanol–water partition coefficient (Wildman–Crippen LogP) is 1.98. The molecule has 0 spiro atoms. The molecule has 1 aromatic carbocycles. The fourth-order valence-corrected chi connectivity index (χ4v) is 2.85. The number of likely N-dealkylation sites (tertiary alicyclic amines) is 1. The van der Waals surface area contributed by atoms with E-state index in [1.807, 2.05) is 0 Å². The molecule has 1 saturated heterocycles. The minimum Gasteiger partial charge on any atom is -0.327 e. The summed E-state index contributed by atoms with van der Waals surface area (Å²) in [7, 11) is 0. The molecule has 0 bridgehead atoms. The molecule has 2 aromatic rings. The second-order valence-electron chi connectivity index (χ2n) is 5.42. The molecule has 0 amide bonds. The van der Waals surface area contributed by atoms with Crippen molar-refractivity contribution in [2.75, 3.05) is 13.1 Å². The van der Waals surface area contributed by atoms with Crippen molar-refractivity contribution in [1.29, 1.82) is 0 Å². The lowest BCUT2D eigenvalue weighted by Gasteiger charge is -2.29. The van der Waals surface area contributed by atoms with Crippen LogP contribution in [0.5, 0.6) is 0 Å². The zero-order valence-corrected chi connectivity index (χ0v) is 12.3. The van der Waals surface area contributed by atoms with Gasteiger partial charge in [0.2, 0.25) is 0 Å². The van der Waals surface area contributed by atoms with Crippen LogP contribution in [-0.2, 0) is 6.54 Å². The molecule has 1 aliphatic heterocycles. The number of nitrogens with zero attached hydrogens (tertiary/aromatic N) is 4. The summed E-state index contributed by atoms with van der Waals surface area (Å²) in [5, 5.41) is 8.51. The molecule has 0 radical (unpaired) electrons. The van der Waals surface area contributed by atoms with E-state index in [-0.39, 0.29) is 6.04 Å². The molecule has 2 N–H and O–H groups in total. The topological polar surface area (TPSA) is 60.0 Å². The summed E-state index contributed by atoms with van der Waals surface area (Å²) in [6, 6.07) is 4.52. The lowest BCUT2D eigenvalue weighted by Crippen LogP contribution is -2.42. The number of aromatic nitrogens is 3. The van der Waals surface area contributed by atoms with Gasteiger partial charge in [0.05, 0.1) is 17.6 Å². The zero-order valence-electron chi connectivity index (χ0n) is 11.5. The second kappa shape index (κ2) is 6.09. The molecular weight excluding hydrogens is 293 g/mol. The lowest BCUT2D eigenvalue weighted by atomic mass is 10.1. The number of rotatable bonds is 3. The van der Waals surface area contributed by atoms with Gasteiger partial charge in [0.25, 0.3) is 0 Å². The highest BCUT2D eigenvalue weighted by molar-refractivity contribution is 6.30. The highest BCUT2D eigenvalue weighted by Crippen LogP contribution is 2.17. The van der Waals surface area contributed by atoms with Gasteiger partial charge in [-0.2, -0.15) is 0 Å². The Kier molecular flexibility index (Phi) is 4.19. The number of halogens is 2. The summed E-state index contributed by atoms with van der Waals surface area (Å²) < 4.78 is 14.9. The molecular formula is C14H17ClFN5. The van der Waals surface area contributed by atoms with Gasteiger partial charge >= 0.3 is 0 Å². The maximum absolute atomic E-state index is 13.4. The van der Waals surface area contributed by atoms with Crippen LogP contribution in [0.3, 0.4) is 0 Å². The summed E-state index contributed by atoms with van der Waals surface area (Å²) in [4.78, 5) is 2.26. The molecule has 2 heterocycles. The highest BCUT2D eigenvalue weighted by Gasteiger charge is 2.17. The van der Waals surface area contributed by atoms with E-state index in [1.54, 1.807) is 12.3 Å². The van der Waals surface area contributed by atoms with Crippen molar-refractivity contribution >= 4 is 11.6 Å². The molecule has 5 nitrogen and oxygen atoms in total. The van der Waals surface area contributed by atoms with Crippen LogP contribution < -0.4 is 5.73 Å². The van der Waals surface area contributed by atoms with Crippen LogP contribution in [0.1, 0.15) is 18.5 Å². The van der Waals surface area contributed by atoms with Crippen LogP contribution in [0.25, 0.3) is 5.69 Å². The largest absolute Gasteiger partial charge is 0.327 e. The predicted molar refractivity (Wildman–Crippen MR) is 78.8 cm³/mol. The van der Waals surface area contributed by atoms with E-state index in [9.17, 15) is 4.39 Å². The van der Waals surface area contributed by atoms with Gasteiger partial charge in [-0.05, 0) is 37.6 Å². The van der Waals surface area contributed by atoms with Gasteiger partial charge in [-0.1, -0.05) is 16.8 Å². The molecule has 1 fully saturated rings. The zero-order chi connectivity index (χ0) is 14.8. The maximum atomic E-state index is 13.4. The Bertz CT molecular complexity index is 609. The van der Waals surface area contributed by atoms with Gasteiger partial charge in [-0.15, -0.1) is 5.10 Å². The standard InChI is InChI=1S/C14H17ClFN5/c15-10-4-11(16)6-14(5-10)21-9-13(18-19-21)8-20-3-1-2-12(17)7-20/h4-6,9,12H,1-3,7-8,17H2. The SMILES string of the molecule is NC1CCCN(Cc2cn(-c3cc(F)cc(Cl)c3)nn2)C1. The molecule has 1 aliphatic rings. The van der Waals surface area contributed by atoms with E-state index < -0.39 is 5.82 Å². The highest BCUT2D eigenvalue weighted by atomic mass is 35.5. The minimum atomic E-state index is -0.392. The average molecular weight is 310 g/mol. The number of hydrogen-bond donors (Lipinski definition) is 1. The van der Waals surface area contributed by atoms with Gasteiger partial charge in [0.15, 0.2) is 0 Å². The van der Waals surface area contributed by atoms with Crippen molar-refractivity contribution in [3.63, 3.8) is 0 Å². The van der Waals surface area contributed by atoms with E-state index in [1.165, 1.54) is 16.8 Å². The smallest absolute Gasteiger partial charge is 0.126 e. The van der Waals surface area contributed by atoms with E-state index in [2.05, 4.69) is 15.2 Å². The molecule has 7 heteroatoms. The summed E-state index contributed by atoms with van der Waals surface area (Å²) in [6.07, 6.45) is 3.98. The lowest BCUT2D eigenvalue weighted by molar-refractivity contribution is 0.199. The van der Waals surface area contributed by atoms with Gasteiger partial charge < -0.3 is 5.73 Å². The first-order chi connectivity index (χ1) is 10.1. The van der Waals surface area contributed by atoms with Gasteiger partial charge in [0.1, 0.15) is 5.82 Å². The Morgan fingerprint density at radius 3 is 3.00 bits per heavy atom. The van der Waals surface area contributed by atoms with Crippen LogP contribution in [0, 0.1) is 5.82 Å². The first kappa shape index (κ1) is 14.4. The first-order valence-corrected chi connectivity index (χ1v) is 7.33.